The summed E-state index contributed by atoms with van der Waals surface area (Å²) < 4.78 is 31.1. The first-order valence-electron chi connectivity index (χ1n) is 9.10. The van der Waals surface area contributed by atoms with E-state index >= 15 is 0 Å². The van der Waals surface area contributed by atoms with Gasteiger partial charge in [0.05, 0.1) is 39.0 Å². The lowest BCUT2D eigenvalue weighted by Crippen LogP contribution is -3.15. The van der Waals surface area contributed by atoms with Gasteiger partial charge >= 0.3 is 0 Å². The van der Waals surface area contributed by atoms with Gasteiger partial charge in [-0.25, -0.2) is 8.78 Å². The third kappa shape index (κ3) is 5.61. The number of hydrogen-bond acceptors (Lipinski definition) is 4. The molecule has 154 valence electrons. The zero-order valence-corrected chi connectivity index (χ0v) is 15.5. The Hall–Kier alpha value is -3.27. The van der Waals surface area contributed by atoms with Crippen molar-refractivity contribution in [1.29, 1.82) is 0 Å². The first kappa shape index (κ1) is 20.5. The Labute approximate surface area is 165 Å². The number of furan rings is 1. The third-order valence-electron chi connectivity index (χ3n) is 4.55. The van der Waals surface area contributed by atoms with Crippen molar-refractivity contribution in [3.05, 3.63) is 54.0 Å². The van der Waals surface area contributed by atoms with Gasteiger partial charge in [-0.1, -0.05) is 0 Å². The molecule has 1 aliphatic heterocycles. The van der Waals surface area contributed by atoms with Crippen molar-refractivity contribution >= 4 is 23.4 Å². The lowest BCUT2D eigenvalue weighted by molar-refractivity contribution is -0.896. The molecule has 0 radical (unpaired) electrons. The highest BCUT2D eigenvalue weighted by Crippen LogP contribution is 2.12. The van der Waals surface area contributed by atoms with Crippen molar-refractivity contribution in [2.24, 2.45) is 0 Å². The molecular weight excluding hydrogens is 386 g/mol. The first-order chi connectivity index (χ1) is 13.9. The van der Waals surface area contributed by atoms with Gasteiger partial charge in [0.25, 0.3) is 11.8 Å². The molecular formula is C19H21F2N4O4+. The molecule has 2 heterocycles. The Balaban J connectivity index is 1.37. The minimum absolute atomic E-state index is 0.103. The summed E-state index contributed by atoms with van der Waals surface area (Å²) in [6, 6.07) is 6.26. The lowest BCUT2D eigenvalue weighted by Gasteiger charge is -2.31. The van der Waals surface area contributed by atoms with Crippen LogP contribution in [0.15, 0.2) is 41.0 Å². The highest BCUT2D eigenvalue weighted by Gasteiger charge is 2.27. The van der Waals surface area contributed by atoms with Crippen LogP contribution in [-0.2, 0) is 9.59 Å². The summed E-state index contributed by atoms with van der Waals surface area (Å²) in [6.07, 6.45) is 1.45. The molecule has 1 saturated heterocycles. The summed E-state index contributed by atoms with van der Waals surface area (Å²) in [5.41, 5.74) is 0.103. The van der Waals surface area contributed by atoms with Gasteiger partial charge in [0.1, 0.15) is 0 Å². The van der Waals surface area contributed by atoms with Gasteiger partial charge in [0.15, 0.2) is 23.9 Å². The van der Waals surface area contributed by atoms with Crippen molar-refractivity contribution in [2.45, 2.75) is 0 Å². The van der Waals surface area contributed by atoms with Crippen LogP contribution in [0.3, 0.4) is 0 Å². The summed E-state index contributed by atoms with van der Waals surface area (Å²) in [5.74, 6) is -2.82. The number of hydrogen-bond donors (Lipinski definition) is 3. The first-order valence-corrected chi connectivity index (χ1v) is 9.10. The second-order valence-corrected chi connectivity index (χ2v) is 6.65. The number of halogens is 2. The number of quaternary nitrogens is 1. The van der Waals surface area contributed by atoms with Gasteiger partial charge in [-0.15, -0.1) is 0 Å². The summed E-state index contributed by atoms with van der Waals surface area (Å²) in [5, 5.41) is 4.88. The fraction of sp³-hybridized carbons (Fsp3) is 0.316. The summed E-state index contributed by atoms with van der Waals surface area (Å²) >= 11 is 0. The van der Waals surface area contributed by atoms with E-state index in [9.17, 15) is 23.2 Å². The Morgan fingerprint density at radius 2 is 1.83 bits per heavy atom. The minimum atomic E-state index is -1.07. The maximum Gasteiger partial charge on any atom is 0.289 e. The van der Waals surface area contributed by atoms with Crippen LogP contribution < -0.4 is 15.5 Å². The number of piperazine rings is 1. The fourth-order valence-electron chi connectivity index (χ4n) is 3.01. The van der Waals surface area contributed by atoms with Gasteiger partial charge in [-0.05, 0) is 24.3 Å². The largest absolute Gasteiger partial charge is 0.459 e. The molecule has 8 nitrogen and oxygen atoms in total. The van der Waals surface area contributed by atoms with Crippen molar-refractivity contribution in [1.82, 2.24) is 10.2 Å². The molecule has 3 rings (SSSR count). The van der Waals surface area contributed by atoms with Crippen molar-refractivity contribution < 1.29 is 32.5 Å². The smallest absolute Gasteiger partial charge is 0.289 e. The molecule has 0 unspecified atom stereocenters. The Morgan fingerprint density at radius 1 is 1.07 bits per heavy atom. The molecule has 10 heteroatoms. The van der Waals surface area contributed by atoms with Gasteiger partial charge in [0.2, 0.25) is 5.91 Å². The maximum atomic E-state index is 13.1. The normalized spacial score (nSPS) is 14.5. The quantitative estimate of drug-likeness (QED) is 0.610. The van der Waals surface area contributed by atoms with Crippen LogP contribution in [0, 0.1) is 11.6 Å². The molecule has 0 spiro atoms. The number of carbonyl (C=O) groups excluding carboxylic acids is 3. The zero-order valence-electron chi connectivity index (χ0n) is 15.5. The standard InChI is InChI=1S/C19H20F2N4O4/c20-14-4-3-13(10-15(14)21)23-17(26)11-22-18(27)12-24-5-7-25(8-6-24)19(28)16-2-1-9-29-16/h1-4,9-10H,5-8,11-12H2,(H,22,27)(H,23,26)/p+1. The lowest BCUT2D eigenvalue weighted by atomic mass is 10.2. The summed E-state index contributed by atoms with van der Waals surface area (Å²) in [7, 11) is 0. The van der Waals surface area contributed by atoms with Gasteiger partial charge in [-0.2, -0.15) is 0 Å². The number of anilines is 1. The number of amides is 3. The van der Waals surface area contributed by atoms with Crippen LogP contribution in [-0.4, -0.2) is 61.9 Å². The topological polar surface area (TPSA) is 96.1 Å². The molecule has 1 aromatic heterocycles. The molecule has 0 bridgehead atoms. The van der Waals surface area contributed by atoms with Crippen molar-refractivity contribution in [2.75, 3.05) is 44.6 Å². The van der Waals surface area contributed by atoms with E-state index in [1.807, 2.05) is 0 Å². The van der Waals surface area contributed by atoms with Crippen LogP contribution >= 0.6 is 0 Å². The minimum Gasteiger partial charge on any atom is -0.459 e. The number of nitrogens with zero attached hydrogens (tertiary/aromatic N) is 1. The van der Waals surface area contributed by atoms with E-state index < -0.39 is 17.5 Å². The summed E-state index contributed by atoms with van der Waals surface area (Å²) in [4.78, 5) is 38.8. The van der Waals surface area contributed by atoms with E-state index in [0.29, 0.717) is 31.9 Å². The highest BCUT2D eigenvalue weighted by molar-refractivity contribution is 5.94. The number of benzene rings is 1. The van der Waals surface area contributed by atoms with Crippen LogP contribution in [0.4, 0.5) is 14.5 Å². The Bertz CT molecular complexity index is 880. The monoisotopic (exact) mass is 407 g/mol. The maximum absolute atomic E-state index is 13.1. The van der Waals surface area contributed by atoms with E-state index in [1.165, 1.54) is 12.3 Å². The molecule has 1 aromatic carbocycles. The Kier molecular flexibility index (Phi) is 6.55. The molecule has 29 heavy (non-hydrogen) atoms. The molecule has 3 N–H and O–H groups in total. The molecule has 1 fully saturated rings. The van der Waals surface area contributed by atoms with Crippen LogP contribution in [0.5, 0.6) is 0 Å². The molecule has 1 aliphatic rings. The second kappa shape index (κ2) is 9.28. The fourth-order valence-corrected chi connectivity index (χ4v) is 3.01. The number of nitrogens with one attached hydrogen (secondary N) is 3. The highest BCUT2D eigenvalue weighted by atomic mass is 19.2. The van der Waals surface area contributed by atoms with E-state index in [-0.39, 0.29) is 30.6 Å². The molecule has 2 aromatic rings. The number of rotatable bonds is 6. The van der Waals surface area contributed by atoms with Crippen LogP contribution in [0.1, 0.15) is 10.6 Å². The average molecular weight is 407 g/mol. The van der Waals surface area contributed by atoms with Crippen LogP contribution in [0.2, 0.25) is 0 Å². The van der Waals surface area contributed by atoms with Gasteiger partial charge in [-0.3, -0.25) is 14.4 Å². The van der Waals surface area contributed by atoms with E-state index in [2.05, 4.69) is 10.6 Å². The molecule has 0 atom stereocenters. The van der Waals surface area contributed by atoms with Crippen molar-refractivity contribution in [3.8, 4) is 0 Å². The molecule has 0 saturated carbocycles. The number of carbonyl (C=O) groups is 3. The SMILES string of the molecule is O=C(C[NH+]1CCN(C(=O)c2ccco2)CC1)NCC(=O)Nc1ccc(F)c(F)c1. The Morgan fingerprint density at radius 3 is 2.48 bits per heavy atom. The predicted molar refractivity (Wildman–Crippen MR) is 98.2 cm³/mol. The van der Waals surface area contributed by atoms with E-state index in [4.69, 9.17) is 4.42 Å². The average Bonchev–Trinajstić information content (AvgIpc) is 3.24. The van der Waals surface area contributed by atoms with E-state index in [0.717, 1.165) is 17.0 Å². The third-order valence-corrected chi connectivity index (χ3v) is 4.55. The van der Waals surface area contributed by atoms with Crippen molar-refractivity contribution in [3.63, 3.8) is 0 Å². The molecule has 0 aliphatic carbocycles. The summed E-state index contributed by atoms with van der Waals surface area (Å²) in [6.45, 7) is 2.08. The second-order valence-electron chi connectivity index (χ2n) is 6.65. The zero-order chi connectivity index (χ0) is 20.8. The van der Waals surface area contributed by atoms with Crippen LogP contribution in [0.25, 0.3) is 0 Å². The van der Waals surface area contributed by atoms with Gasteiger partial charge in [0, 0.05) is 11.8 Å². The van der Waals surface area contributed by atoms with Gasteiger partial charge < -0.3 is 24.9 Å². The predicted octanol–water partition coefficient (Wildman–Crippen LogP) is -0.347. The van der Waals surface area contributed by atoms with E-state index in [1.54, 1.807) is 17.0 Å². The molecule has 3 amide bonds.